The van der Waals surface area contributed by atoms with Crippen LogP contribution in [-0.2, 0) is 4.79 Å². The smallest absolute Gasteiger partial charge is 0.317 e. The third-order valence-corrected chi connectivity index (χ3v) is 5.20. The van der Waals surface area contributed by atoms with Gasteiger partial charge in [0.15, 0.2) is 0 Å². The highest BCUT2D eigenvalue weighted by atomic mass is 16.4. The number of nitrogens with one attached hydrogen (secondary N) is 1. The summed E-state index contributed by atoms with van der Waals surface area (Å²) in [7, 11) is 0. The maximum Gasteiger partial charge on any atom is 0.317 e. The van der Waals surface area contributed by atoms with Crippen molar-refractivity contribution < 1.29 is 14.7 Å². The molecular weight excluding hydrogens is 268 g/mol. The van der Waals surface area contributed by atoms with E-state index >= 15 is 0 Å². The van der Waals surface area contributed by atoms with Crippen LogP contribution in [0.2, 0.25) is 0 Å². The molecule has 2 aliphatic rings. The molecule has 2 amide bonds. The molecule has 3 unspecified atom stereocenters. The lowest BCUT2D eigenvalue weighted by Gasteiger charge is -2.29. The number of carbonyl (C=O) groups is 2. The summed E-state index contributed by atoms with van der Waals surface area (Å²) >= 11 is 0. The van der Waals surface area contributed by atoms with E-state index in [9.17, 15) is 14.7 Å². The second-order valence-electron chi connectivity index (χ2n) is 6.91. The molecule has 1 aliphatic heterocycles. The lowest BCUT2D eigenvalue weighted by Crippen LogP contribution is -2.43. The maximum atomic E-state index is 12.2. The maximum absolute atomic E-state index is 12.2. The highest BCUT2D eigenvalue weighted by Crippen LogP contribution is 2.30. The van der Waals surface area contributed by atoms with Gasteiger partial charge in [-0.2, -0.15) is 0 Å². The number of carbonyl (C=O) groups excluding carboxylic acids is 1. The summed E-state index contributed by atoms with van der Waals surface area (Å²) < 4.78 is 0. The Bertz CT molecular complexity index is 384. The van der Waals surface area contributed by atoms with Crippen molar-refractivity contribution in [1.29, 1.82) is 0 Å². The normalized spacial score (nSPS) is 29.7. The van der Waals surface area contributed by atoms with Crippen LogP contribution in [0.5, 0.6) is 0 Å². The number of amides is 2. The van der Waals surface area contributed by atoms with Crippen molar-refractivity contribution in [2.45, 2.75) is 46.0 Å². The average Bonchev–Trinajstić information content (AvgIpc) is 2.95. The summed E-state index contributed by atoms with van der Waals surface area (Å²) in [4.78, 5) is 25.3. The SMILES string of the molecule is CC(C)C1CCN(C(=O)NCC2CCCCC2C(=O)O)C1. The van der Waals surface area contributed by atoms with Crippen LogP contribution < -0.4 is 5.32 Å². The number of rotatable bonds is 4. The molecule has 0 aromatic heterocycles. The highest BCUT2D eigenvalue weighted by Gasteiger charge is 2.32. The van der Waals surface area contributed by atoms with Crippen LogP contribution in [0.4, 0.5) is 4.79 Å². The number of hydrogen-bond donors (Lipinski definition) is 2. The quantitative estimate of drug-likeness (QED) is 0.837. The summed E-state index contributed by atoms with van der Waals surface area (Å²) in [5.41, 5.74) is 0. The second kappa shape index (κ2) is 7.14. The minimum absolute atomic E-state index is 0.0205. The Morgan fingerprint density at radius 2 is 1.95 bits per heavy atom. The Kier molecular flexibility index (Phi) is 5.48. The van der Waals surface area contributed by atoms with Crippen LogP contribution in [-0.4, -0.2) is 41.6 Å². The molecule has 21 heavy (non-hydrogen) atoms. The van der Waals surface area contributed by atoms with E-state index in [0.717, 1.165) is 45.2 Å². The molecule has 2 rings (SSSR count). The van der Waals surface area contributed by atoms with E-state index in [-0.39, 0.29) is 17.9 Å². The zero-order valence-electron chi connectivity index (χ0n) is 13.2. The molecule has 2 fully saturated rings. The molecule has 5 nitrogen and oxygen atoms in total. The monoisotopic (exact) mass is 296 g/mol. The van der Waals surface area contributed by atoms with Crippen LogP contribution in [0.15, 0.2) is 0 Å². The number of nitrogens with zero attached hydrogens (tertiary/aromatic N) is 1. The number of likely N-dealkylation sites (tertiary alicyclic amines) is 1. The van der Waals surface area contributed by atoms with E-state index in [4.69, 9.17) is 0 Å². The van der Waals surface area contributed by atoms with Gasteiger partial charge in [0.25, 0.3) is 0 Å². The van der Waals surface area contributed by atoms with Gasteiger partial charge in [0, 0.05) is 19.6 Å². The minimum atomic E-state index is -0.713. The van der Waals surface area contributed by atoms with E-state index in [1.165, 1.54) is 0 Å². The first kappa shape index (κ1) is 16.1. The highest BCUT2D eigenvalue weighted by molar-refractivity contribution is 5.75. The Balaban J connectivity index is 1.79. The van der Waals surface area contributed by atoms with E-state index in [0.29, 0.717) is 18.4 Å². The lowest BCUT2D eigenvalue weighted by molar-refractivity contribution is -0.144. The molecule has 3 atom stereocenters. The Morgan fingerprint density at radius 3 is 2.57 bits per heavy atom. The number of hydrogen-bond acceptors (Lipinski definition) is 2. The van der Waals surface area contributed by atoms with Gasteiger partial charge in [0.05, 0.1) is 5.92 Å². The first-order valence-corrected chi connectivity index (χ1v) is 8.24. The molecular formula is C16H28N2O3. The molecule has 1 saturated heterocycles. The molecule has 0 radical (unpaired) electrons. The summed E-state index contributed by atoms with van der Waals surface area (Å²) in [6, 6.07) is -0.0205. The van der Waals surface area contributed by atoms with Crippen molar-refractivity contribution >= 4 is 12.0 Å². The van der Waals surface area contributed by atoms with Crippen LogP contribution in [0, 0.1) is 23.7 Å². The van der Waals surface area contributed by atoms with Crippen molar-refractivity contribution in [2.75, 3.05) is 19.6 Å². The molecule has 0 aromatic carbocycles. The number of urea groups is 1. The fraction of sp³-hybridized carbons (Fsp3) is 0.875. The van der Waals surface area contributed by atoms with Gasteiger partial charge in [-0.1, -0.05) is 26.7 Å². The number of carboxylic acids is 1. The minimum Gasteiger partial charge on any atom is -0.481 e. The topological polar surface area (TPSA) is 69.6 Å². The number of carboxylic acid groups (broad SMARTS) is 1. The average molecular weight is 296 g/mol. The molecule has 0 spiro atoms. The van der Waals surface area contributed by atoms with Crippen molar-refractivity contribution in [3.05, 3.63) is 0 Å². The molecule has 5 heteroatoms. The van der Waals surface area contributed by atoms with Crippen molar-refractivity contribution in [2.24, 2.45) is 23.7 Å². The van der Waals surface area contributed by atoms with Crippen LogP contribution in [0.3, 0.4) is 0 Å². The van der Waals surface area contributed by atoms with Gasteiger partial charge < -0.3 is 15.3 Å². The third-order valence-electron chi connectivity index (χ3n) is 5.20. The van der Waals surface area contributed by atoms with E-state index in [1.807, 2.05) is 4.90 Å². The molecule has 1 saturated carbocycles. The van der Waals surface area contributed by atoms with Gasteiger partial charge in [0.1, 0.15) is 0 Å². The van der Waals surface area contributed by atoms with Gasteiger partial charge in [-0.3, -0.25) is 4.79 Å². The second-order valence-corrected chi connectivity index (χ2v) is 6.91. The van der Waals surface area contributed by atoms with Crippen molar-refractivity contribution in [3.8, 4) is 0 Å². The molecule has 1 aliphatic carbocycles. The van der Waals surface area contributed by atoms with Crippen molar-refractivity contribution in [1.82, 2.24) is 10.2 Å². The summed E-state index contributed by atoms with van der Waals surface area (Å²) in [6.45, 7) is 6.55. The first-order chi connectivity index (χ1) is 9.99. The van der Waals surface area contributed by atoms with Gasteiger partial charge in [-0.25, -0.2) is 4.79 Å². The standard InChI is InChI=1S/C16H28N2O3/c1-11(2)13-7-8-18(10-13)16(21)17-9-12-5-3-4-6-14(12)15(19)20/h11-14H,3-10H2,1-2H3,(H,17,21)(H,19,20). The molecule has 120 valence electrons. The fourth-order valence-electron chi connectivity index (χ4n) is 3.62. The Labute approximate surface area is 127 Å². The molecule has 2 N–H and O–H groups in total. The third kappa shape index (κ3) is 4.11. The van der Waals surface area contributed by atoms with Crippen LogP contribution in [0.1, 0.15) is 46.0 Å². The van der Waals surface area contributed by atoms with Crippen LogP contribution >= 0.6 is 0 Å². The van der Waals surface area contributed by atoms with Gasteiger partial charge >= 0.3 is 12.0 Å². The van der Waals surface area contributed by atoms with Gasteiger partial charge in [0.2, 0.25) is 0 Å². The summed E-state index contributed by atoms with van der Waals surface area (Å²) in [5.74, 6) is 0.287. The summed E-state index contributed by atoms with van der Waals surface area (Å²) in [6.07, 6.45) is 4.79. The predicted octanol–water partition coefficient (Wildman–Crippen LogP) is 2.56. The Hall–Kier alpha value is -1.26. The van der Waals surface area contributed by atoms with E-state index < -0.39 is 5.97 Å². The first-order valence-electron chi connectivity index (χ1n) is 8.24. The predicted molar refractivity (Wildman–Crippen MR) is 81.0 cm³/mol. The van der Waals surface area contributed by atoms with E-state index in [1.54, 1.807) is 0 Å². The molecule has 0 aromatic rings. The fourth-order valence-corrected chi connectivity index (χ4v) is 3.62. The van der Waals surface area contributed by atoms with E-state index in [2.05, 4.69) is 19.2 Å². The van der Waals surface area contributed by atoms with Gasteiger partial charge in [-0.15, -0.1) is 0 Å². The lowest BCUT2D eigenvalue weighted by atomic mass is 9.79. The summed E-state index contributed by atoms with van der Waals surface area (Å²) in [5, 5.41) is 12.2. The zero-order valence-corrected chi connectivity index (χ0v) is 13.2. The molecule has 1 heterocycles. The Morgan fingerprint density at radius 1 is 1.24 bits per heavy atom. The number of aliphatic carboxylic acids is 1. The van der Waals surface area contributed by atoms with Crippen LogP contribution in [0.25, 0.3) is 0 Å². The van der Waals surface area contributed by atoms with Gasteiger partial charge in [-0.05, 0) is 37.0 Å². The van der Waals surface area contributed by atoms with Crippen molar-refractivity contribution in [3.63, 3.8) is 0 Å². The largest absolute Gasteiger partial charge is 0.481 e. The molecule has 0 bridgehead atoms. The zero-order chi connectivity index (χ0) is 15.4.